The Kier molecular flexibility index (Phi) is 8.28. The van der Waals surface area contributed by atoms with Crippen LogP contribution in [0.1, 0.15) is 13.8 Å². The van der Waals surface area contributed by atoms with Crippen molar-refractivity contribution in [2.75, 3.05) is 35.5 Å². The highest BCUT2D eigenvalue weighted by Crippen LogP contribution is 2.17. The van der Waals surface area contributed by atoms with Crippen molar-refractivity contribution in [2.45, 2.75) is 24.3 Å². The van der Waals surface area contributed by atoms with Crippen LogP contribution in [0.2, 0.25) is 0 Å². The number of thioether (sulfide) groups is 2. The first-order chi connectivity index (χ1) is 8.19. The Labute approximate surface area is 120 Å². The smallest absolute Gasteiger partial charge is 0.154 e. The number of sulfone groups is 2. The first-order valence-electron chi connectivity index (χ1n) is 5.60. The van der Waals surface area contributed by atoms with Crippen LogP contribution in [0.15, 0.2) is 0 Å². The van der Waals surface area contributed by atoms with Gasteiger partial charge < -0.3 is 0 Å². The van der Waals surface area contributed by atoms with Crippen LogP contribution in [0.4, 0.5) is 0 Å². The van der Waals surface area contributed by atoms with Crippen LogP contribution in [0.5, 0.6) is 0 Å². The predicted molar refractivity (Wildman–Crippen MR) is 83.3 cm³/mol. The predicted octanol–water partition coefficient (Wildman–Crippen LogP) is 1.32. The molecule has 0 rings (SSSR count). The Balaban J connectivity index is 4.83. The van der Waals surface area contributed by atoms with E-state index in [1.165, 1.54) is 37.4 Å². The highest BCUT2D eigenvalue weighted by molar-refractivity contribution is 8.01. The lowest BCUT2D eigenvalue weighted by Gasteiger charge is -2.20. The molecule has 18 heavy (non-hydrogen) atoms. The molecule has 0 fully saturated rings. The summed E-state index contributed by atoms with van der Waals surface area (Å²) in [5, 5.41) is -1.67. The molecule has 0 radical (unpaired) electrons. The minimum Gasteiger partial charge on any atom is -0.228 e. The van der Waals surface area contributed by atoms with Crippen LogP contribution in [0, 0.1) is 0 Å². The molecule has 0 bridgehead atoms. The fourth-order valence-electron chi connectivity index (χ4n) is 1.35. The average molecular weight is 335 g/mol. The summed E-state index contributed by atoms with van der Waals surface area (Å²) in [4.78, 5) is 0. The van der Waals surface area contributed by atoms with Gasteiger partial charge in [-0.05, 0) is 26.4 Å². The third kappa shape index (κ3) is 5.71. The topological polar surface area (TPSA) is 68.3 Å². The second kappa shape index (κ2) is 8.01. The molecule has 0 N–H and O–H groups in total. The van der Waals surface area contributed by atoms with Crippen LogP contribution in [0.25, 0.3) is 0 Å². The van der Waals surface area contributed by atoms with Crippen molar-refractivity contribution in [1.82, 2.24) is 0 Å². The van der Waals surface area contributed by atoms with Crippen LogP contribution < -0.4 is 0 Å². The lowest BCUT2D eigenvalue weighted by atomic mass is 10.4. The van der Waals surface area contributed by atoms with E-state index in [0.717, 1.165) is 0 Å². The third-order valence-electron chi connectivity index (χ3n) is 2.94. The second-order valence-electron chi connectivity index (χ2n) is 4.13. The fourth-order valence-corrected chi connectivity index (χ4v) is 7.47. The van der Waals surface area contributed by atoms with E-state index in [9.17, 15) is 16.8 Å². The number of hydrogen-bond donors (Lipinski definition) is 0. The zero-order valence-corrected chi connectivity index (χ0v) is 14.5. The first kappa shape index (κ1) is 18.6. The molecule has 0 aromatic carbocycles. The summed E-state index contributed by atoms with van der Waals surface area (Å²) in [5.74, 6) is 1.09. The molecule has 0 saturated heterocycles. The largest absolute Gasteiger partial charge is 0.228 e. The maximum atomic E-state index is 12.0. The van der Waals surface area contributed by atoms with Crippen molar-refractivity contribution in [3.05, 3.63) is 0 Å². The molecule has 0 amide bonds. The Bertz CT molecular complexity index is 385. The van der Waals surface area contributed by atoms with Crippen molar-refractivity contribution >= 4 is 43.2 Å². The van der Waals surface area contributed by atoms with Crippen molar-refractivity contribution in [3.8, 4) is 0 Å². The molecule has 0 heterocycles. The van der Waals surface area contributed by atoms with Gasteiger partial charge in [0.1, 0.15) is 0 Å². The van der Waals surface area contributed by atoms with E-state index in [1.807, 2.05) is 12.5 Å². The molecule has 2 atom stereocenters. The van der Waals surface area contributed by atoms with E-state index in [4.69, 9.17) is 0 Å². The van der Waals surface area contributed by atoms with Crippen LogP contribution in [-0.4, -0.2) is 62.9 Å². The van der Waals surface area contributed by atoms with Crippen LogP contribution in [-0.2, 0) is 19.7 Å². The van der Waals surface area contributed by atoms with Crippen molar-refractivity contribution in [3.63, 3.8) is 0 Å². The van der Waals surface area contributed by atoms with Gasteiger partial charge in [-0.3, -0.25) is 0 Å². The number of rotatable bonds is 9. The van der Waals surface area contributed by atoms with E-state index in [-0.39, 0.29) is 11.5 Å². The SMILES string of the molecule is CSCCS(=O)(=O)C(C)[C@@H](C)S(=O)(=O)CCSC. The summed E-state index contributed by atoms with van der Waals surface area (Å²) >= 11 is 2.89. The molecular weight excluding hydrogens is 312 g/mol. The molecule has 4 nitrogen and oxygen atoms in total. The summed E-state index contributed by atoms with van der Waals surface area (Å²) in [5.41, 5.74) is 0. The van der Waals surface area contributed by atoms with Gasteiger partial charge in [0.25, 0.3) is 0 Å². The van der Waals surface area contributed by atoms with Crippen molar-refractivity contribution in [2.24, 2.45) is 0 Å². The summed E-state index contributed by atoms with van der Waals surface area (Å²) < 4.78 is 47.9. The van der Waals surface area contributed by atoms with Gasteiger partial charge in [-0.25, -0.2) is 16.8 Å². The normalized spacial score (nSPS) is 16.4. The summed E-state index contributed by atoms with van der Waals surface area (Å²) in [6.45, 7) is 2.99. The van der Waals surface area contributed by atoms with Gasteiger partial charge in [0.2, 0.25) is 0 Å². The fraction of sp³-hybridized carbons (Fsp3) is 1.00. The minimum atomic E-state index is -3.34. The Morgan fingerprint density at radius 2 is 1.06 bits per heavy atom. The second-order valence-corrected chi connectivity index (χ2v) is 11.1. The zero-order valence-electron chi connectivity index (χ0n) is 11.2. The molecule has 0 saturated carbocycles. The van der Waals surface area contributed by atoms with Gasteiger partial charge in [0.15, 0.2) is 19.7 Å². The van der Waals surface area contributed by atoms with Gasteiger partial charge in [0.05, 0.1) is 22.0 Å². The van der Waals surface area contributed by atoms with Gasteiger partial charge in [0, 0.05) is 11.5 Å². The van der Waals surface area contributed by atoms with Gasteiger partial charge in [-0.2, -0.15) is 23.5 Å². The zero-order chi connectivity index (χ0) is 14.4. The first-order valence-corrected chi connectivity index (χ1v) is 11.8. The van der Waals surface area contributed by atoms with E-state index >= 15 is 0 Å². The molecule has 8 heteroatoms. The van der Waals surface area contributed by atoms with E-state index < -0.39 is 30.2 Å². The van der Waals surface area contributed by atoms with Gasteiger partial charge in [-0.1, -0.05) is 0 Å². The number of hydrogen-bond acceptors (Lipinski definition) is 6. The highest BCUT2D eigenvalue weighted by Gasteiger charge is 2.34. The molecule has 1 unspecified atom stereocenters. The highest BCUT2D eigenvalue weighted by atomic mass is 32.2. The van der Waals surface area contributed by atoms with E-state index in [2.05, 4.69) is 0 Å². The lowest BCUT2D eigenvalue weighted by molar-refractivity contribution is 0.564. The summed E-state index contributed by atoms with van der Waals surface area (Å²) in [6.07, 6.45) is 3.66. The van der Waals surface area contributed by atoms with E-state index in [1.54, 1.807) is 0 Å². The van der Waals surface area contributed by atoms with Gasteiger partial charge >= 0.3 is 0 Å². The Morgan fingerprint density at radius 3 is 1.28 bits per heavy atom. The van der Waals surface area contributed by atoms with Crippen LogP contribution in [0.3, 0.4) is 0 Å². The molecule has 0 aromatic heterocycles. The molecule has 0 aliphatic rings. The maximum Gasteiger partial charge on any atom is 0.154 e. The quantitative estimate of drug-likeness (QED) is 0.633. The summed E-state index contributed by atoms with van der Waals surface area (Å²) in [6, 6.07) is 0. The molecule has 0 spiro atoms. The molecule has 0 aromatic rings. The van der Waals surface area contributed by atoms with Crippen molar-refractivity contribution < 1.29 is 16.8 Å². The van der Waals surface area contributed by atoms with E-state index in [0.29, 0.717) is 11.5 Å². The maximum absolute atomic E-state index is 12.0. The lowest BCUT2D eigenvalue weighted by Crippen LogP contribution is -2.38. The molecule has 0 aliphatic heterocycles. The van der Waals surface area contributed by atoms with Crippen LogP contribution >= 0.6 is 23.5 Å². The van der Waals surface area contributed by atoms with Gasteiger partial charge in [-0.15, -0.1) is 0 Å². The summed E-state index contributed by atoms with van der Waals surface area (Å²) in [7, 11) is -6.67. The molecule has 0 aliphatic carbocycles. The Morgan fingerprint density at radius 1 is 0.778 bits per heavy atom. The third-order valence-corrected chi connectivity index (χ3v) is 9.48. The standard InChI is InChI=1S/C10H22O4S4/c1-9(17(11,12)7-5-15-3)10(2)18(13,14)8-6-16-4/h9-10H,5-8H2,1-4H3/t9-,10?/m1/s1. The Hall–Kier alpha value is 0.600. The molecular formula is C10H22O4S4. The average Bonchev–Trinajstić information content (AvgIpc) is 2.32. The monoisotopic (exact) mass is 334 g/mol. The minimum absolute atomic E-state index is 0.0394. The van der Waals surface area contributed by atoms with Crippen molar-refractivity contribution in [1.29, 1.82) is 0 Å². The molecule has 110 valence electrons.